The second-order valence-corrected chi connectivity index (χ2v) is 4.41. The Morgan fingerprint density at radius 2 is 1.94 bits per heavy atom. The largest absolute Gasteiger partial charge is 0.395 e. The van der Waals surface area contributed by atoms with Crippen molar-refractivity contribution in [3.63, 3.8) is 0 Å². The van der Waals surface area contributed by atoms with E-state index in [9.17, 15) is 8.78 Å². The Labute approximate surface area is 93.9 Å². The van der Waals surface area contributed by atoms with Crippen LogP contribution in [-0.4, -0.2) is 18.8 Å². The second kappa shape index (κ2) is 4.89. The summed E-state index contributed by atoms with van der Waals surface area (Å²) in [4.78, 5) is 0. The van der Waals surface area contributed by atoms with Gasteiger partial charge in [-0.2, -0.15) is 0 Å². The minimum Gasteiger partial charge on any atom is -0.395 e. The Balaban J connectivity index is 3.26. The molecule has 0 heterocycles. The lowest BCUT2D eigenvalue weighted by atomic mass is 9.84. The van der Waals surface area contributed by atoms with Gasteiger partial charge in [-0.05, 0) is 23.3 Å². The summed E-state index contributed by atoms with van der Waals surface area (Å²) in [5.74, 6) is -1.81. The highest BCUT2D eigenvalue weighted by Crippen LogP contribution is 2.28. The minimum absolute atomic E-state index is 0.169. The molecule has 4 heteroatoms. The fourth-order valence-corrected chi connectivity index (χ4v) is 1.47. The summed E-state index contributed by atoms with van der Waals surface area (Å²) < 4.78 is 31.8. The first-order chi connectivity index (χ1) is 7.42. The van der Waals surface area contributed by atoms with Gasteiger partial charge in [0.05, 0.1) is 13.2 Å². The van der Waals surface area contributed by atoms with Gasteiger partial charge in [-0.15, -0.1) is 0 Å². The Bertz CT molecular complexity index is 376. The quantitative estimate of drug-likeness (QED) is 0.860. The van der Waals surface area contributed by atoms with E-state index in [1.54, 1.807) is 13.8 Å². The molecule has 0 aliphatic heterocycles. The number of ether oxygens (including phenoxy) is 1. The Kier molecular flexibility index (Phi) is 3.99. The first-order valence-electron chi connectivity index (χ1n) is 5.00. The summed E-state index contributed by atoms with van der Waals surface area (Å²) >= 11 is 0. The van der Waals surface area contributed by atoms with E-state index in [0.29, 0.717) is 5.56 Å². The van der Waals surface area contributed by atoms with Crippen molar-refractivity contribution in [3.05, 3.63) is 34.9 Å². The highest BCUT2D eigenvalue weighted by Gasteiger charge is 2.25. The Morgan fingerprint density at radius 1 is 1.31 bits per heavy atom. The average molecular weight is 230 g/mol. The first kappa shape index (κ1) is 13.1. The zero-order valence-corrected chi connectivity index (χ0v) is 9.68. The van der Waals surface area contributed by atoms with E-state index in [1.165, 1.54) is 13.2 Å². The van der Waals surface area contributed by atoms with Crippen molar-refractivity contribution in [2.75, 3.05) is 13.7 Å². The van der Waals surface area contributed by atoms with Crippen LogP contribution < -0.4 is 0 Å². The van der Waals surface area contributed by atoms with Gasteiger partial charge in [-0.3, -0.25) is 0 Å². The van der Waals surface area contributed by atoms with Crippen LogP contribution in [0.2, 0.25) is 0 Å². The average Bonchev–Trinajstić information content (AvgIpc) is 2.23. The smallest absolute Gasteiger partial charge is 0.162 e. The Hall–Kier alpha value is -1.00. The number of rotatable bonds is 4. The Morgan fingerprint density at radius 3 is 2.44 bits per heavy atom. The topological polar surface area (TPSA) is 29.5 Å². The molecule has 0 aliphatic rings. The van der Waals surface area contributed by atoms with E-state index in [4.69, 9.17) is 9.84 Å². The summed E-state index contributed by atoms with van der Waals surface area (Å²) in [5, 5.41) is 9.16. The van der Waals surface area contributed by atoms with Gasteiger partial charge >= 0.3 is 0 Å². The van der Waals surface area contributed by atoms with Crippen LogP contribution in [0, 0.1) is 11.6 Å². The molecule has 0 aromatic heterocycles. The highest BCUT2D eigenvalue weighted by atomic mass is 19.2. The molecule has 0 bridgehead atoms. The number of aliphatic hydroxyl groups is 1. The summed E-state index contributed by atoms with van der Waals surface area (Å²) in [5.41, 5.74) is -0.0886. The molecular formula is C12H16F2O2. The van der Waals surface area contributed by atoms with Gasteiger partial charge in [0, 0.05) is 12.5 Å². The molecule has 16 heavy (non-hydrogen) atoms. The van der Waals surface area contributed by atoms with Crippen molar-refractivity contribution in [2.45, 2.75) is 25.9 Å². The van der Waals surface area contributed by atoms with Gasteiger partial charge in [0.2, 0.25) is 0 Å². The molecule has 0 saturated carbocycles. The lowest BCUT2D eigenvalue weighted by molar-refractivity contribution is 0.183. The normalized spacial score (nSPS) is 11.9. The standard InChI is InChI=1S/C12H16F2O2/c1-12(2,7-15)9-4-8(6-16-3)5-10(13)11(9)14/h4-5,15H,6-7H2,1-3H3. The number of aliphatic hydroxyl groups excluding tert-OH is 1. The number of hydrogen-bond donors (Lipinski definition) is 1. The predicted molar refractivity (Wildman–Crippen MR) is 57.2 cm³/mol. The monoisotopic (exact) mass is 230 g/mol. The van der Waals surface area contributed by atoms with Crippen molar-refractivity contribution >= 4 is 0 Å². The van der Waals surface area contributed by atoms with Crippen molar-refractivity contribution in [1.82, 2.24) is 0 Å². The predicted octanol–water partition coefficient (Wildman–Crippen LogP) is 2.38. The van der Waals surface area contributed by atoms with Crippen LogP contribution in [0.4, 0.5) is 8.78 Å². The van der Waals surface area contributed by atoms with Crippen LogP contribution in [-0.2, 0) is 16.8 Å². The summed E-state index contributed by atoms with van der Waals surface area (Å²) in [6.07, 6.45) is 0. The van der Waals surface area contributed by atoms with Gasteiger partial charge in [-0.25, -0.2) is 8.78 Å². The summed E-state index contributed by atoms with van der Waals surface area (Å²) in [6.45, 7) is 3.27. The van der Waals surface area contributed by atoms with Crippen LogP contribution >= 0.6 is 0 Å². The number of benzene rings is 1. The van der Waals surface area contributed by atoms with E-state index in [-0.39, 0.29) is 18.8 Å². The molecule has 1 rings (SSSR count). The molecular weight excluding hydrogens is 214 g/mol. The molecule has 1 aromatic carbocycles. The van der Waals surface area contributed by atoms with Gasteiger partial charge in [0.15, 0.2) is 11.6 Å². The molecule has 2 nitrogen and oxygen atoms in total. The zero-order valence-electron chi connectivity index (χ0n) is 9.68. The minimum atomic E-state index is -0.911. The number of methoxy groups -OCH3 is 1. The molecule has 90 valence electrons. The van der Waals surface area contributed by atoms with Gasteiger partial charge in [-0.1, -0.05) is 13.8 Å². The first-order valence-corrected chi connectivity index (χ1v) is 5.00. The molecule has 1 N–H and O–H groups in total. The SMILES string of the molecule is COCc1cc(F)c(F)c(C(C)(C)CO)c1. The molecule has 0 saturated heterocycles. The van der Waals surface area contributed by atoms with Crippen molar-refractivity contribution < 1.29 is 18.6 Å². The third-order valence-corrected chi connectivity index (χ3v) is 2.52. The maximum atomic E-state index is 13.6. The molecule has 0 amide bonds. The van der Waals surface area contributed by atoms with Crippen LogP contribution in [0.1, 0.15) is 25.0 Å². The lowest BCUT2D eigenvalue weighted by Crippen LogP contribution is -2.24. The van der Waals surface area contributed by atoms with Crippen LogP contribution in [0.5, 0.6) is 0 Å². The zero-order chi connectivity index (χ0) is 12.3. The van der Waals surface area contributed by atoms with Crippen LogP contribution in [0.25, 0.3) is 0 Å². The molecule has 0 aliphatic carbocycles. The highest BCUT2D eigenvalue weighted by molar-refractivity contribution is 5.31. The van der Waals surface area contributed by atoms with Crippen LogP contribution in [0.15, 0.2) is 12.1 Å². The molecule has 0 spiro atoms. The molecule has 0 unspecified atom stereocenters. The summed E-state index contributed by atoms with van der Waals surface area (Å²) in [7, 11) is 1.48. The summed E-state index contributed by atoms with van der Waals surface area (Å²) in [6, 6.07) is 2.63. The maximum Gasteiger partial charge on any atom is 0.162 e. The second-order valence-electron chi connectivity index (χ2n) is 4.41. The van der Waals surface area contributed by atoms with E-state index in [0.717, 1.165) is 6.07 Å². The fraction of sp³-hybridized carbons (Fsp3) is 0.500. The van der Waals surface area contributed by atoms with Gasteiger partial charge < -0.3 is 9.84 Å². The van der Waals surface area contributed by atoms with Crippen molar-refractivity contribution in [1.29, 1.82) is 0 Å². The van der Waals surface area contributed by atoms with Gasteiger partial charge in [0.25, 0.3) is 0 Å². The molecule has 0 fully saturated rings. The third-order valence-electron chi connectivity index (χ3n) is 2.52. The fourth-order valence-electron chi connectivity index (χ4n) is 1.47. The van der Waals surface area contributed by atoms with Crippen molar-refractivity contribution in [3.8, 4) is 0 Å². The molecule has 1 aromatic rings. The van der Waals surface area contributed by atoms with E-state index in [1.807, 2.05) is 0 Å². The lowest BCUT2D eigenvalue weighted by Gasteiger charge is -2.23. The molecule has 0 radical (unpaired) electrons. The van der Waals surface area contributed by atoms with Crippen LogP contribution in [0.3, 0.4) is 0 Å². The van der Waals surface area contributed by atoms with E-state index < -0.39 is 17.0 Å². The maximum absolute atomic E-state index is 13.6. The van der Waals surface area contributed by atoms with Crippen molar-refractivity contribution in [2.24, 2.45) is 0 Å². The molecule has 0 atom stereocenters. The van der Waals surface area contributed by atoms with E-state index in [2.05, 4.69) is 0 Å². The van der Waals surface area contributed by atoms with E-state index >= 15 is 0 Å². The number of halogens is 2. The third kappa shape index (κ3) is 2.57. The number of hydrogen-bond acceptors (Lipinski definition) is 2. The van der Waals surface area contributed by atoms with Gasteiger partial charge in [0.1, 0.15) is 0 Å².